The van der Waals surface area contributed by atoms with Crippen molar-refractivity contribution in [1.29, 1.82) is 0 Å². The highest BCUT2D eigenvalue weighted by molar-refractivity contribution is 6.11. The van der Waals surface area contributed by atoms with Crippen molar-refractivity contribution in [3.05, 3.63) is 130 Å². The van der Waals surface area contributed by atoms with Gasteiger partial charge >= 0.3 is 5.97 Å². The number of nitro groups is 1. The molecule has 0 aliphatic rings. The van der Waals surface area contributed by atoms with Crippen LogP contribution in [0.1, 0.15) is 21.5 Å². The van der Waals surface area contributed by atoms with Crippen molar-refractivity contribution in [2.45, 2.75) is 0 Å². The van der Waals surface area contributed by atoms with Gasteiger partial charge in [0.25, 0.3) is 5.69 Å². The highest BCUT2D eigenvalue weighted by atomic mass is 16.7. The first-order valence-corrected chi connectivity index (χ1v) is 9.87. The molecule has 4 rings (SSSR count). The van der Waals surface area contributed by atoms with Crippen molar-refractivity contribution in [1.82, 2.24) is 0 Å². The third kappa shape index (κ3) is 4.76. The Morgan fingerprint density at radius 2 is 1.50 bits per heavy atom. The molecule has 0 saturated heterocycles. The van der Waals surface area contributed by atoms with Crippen molar-refractivity contribution in [2.75, 3.05) is 0 Å². The second-order valence-electron chi connectivity index (χ2n) is 6.93. The summed E-state index contributed by atoms with van der Waals surface area (Å²) in [5.41, 5.74) is 1.83. The molecule has 6 nitrogen and oxygen atoms in total. The summed E-state index contributed by atoms with van der Waals surface area (Å²) in [4.78, 5) is 28.7. The van der Waals surface area contributed by atoms with Crippen LogP contribution in [-0.2, 0) is 4.84 Å². The van der Waals surface area contributed by atoms with Gasteiger partial charge in [-0.15, -0.1) is 0 Å². The Balaban J connectivity index is 1.63. The van der Waals surface area contributed by atoms with E-state index in [9.17, 15) is 14.9 Å². The highest BCUT2D eigenvalue weighted by Crippen LogP contribution is 2.20. The topological polar surface area (TPSA) is 81.8 Å². The summed E-state index contributed by atoms with van der Waals surface area (Å²) in [6.07, 6.45) is 3.17. The molecule has 0 fully saturated rings. The molecule has 0 saturated carbocycles. The summed E-state index contributed by atoms with van der Waals surface area (Å²) >= 11 is 0. The molecular weight excluding hydrogens is 404 g/mol. The van der Waals surface area contributed by atoms with Crippen molar-refractivity contribution in [3.63, 3.8) is 0 Å². The fourth-order valence-electron chi connectivity index (χ4n) is 3.21. The molecule has 0 aliphatic heterocycles. The Morgan fingerprint density at radius 3 is 2.28 bits per heavy atom. The summed E-state index contributed by atoms with van der Waals surface area (Å²) in [5.74, 6) is -0.594. The van der Waals surface area contributed by atoms with Gasteiger partial charge in [0, 0.05) is 11.6 Å². The molecule has 156 valence electrons. The van der Waals surface area contributed by atoms with E-state index in [2.05, 4.69) is 5.16 Å². The van der Waals surface area contributed by atoms with Gasteiger partial charge in [-0.1, -0.05) is 78.0 Å². The van der Waals surface area contributed by atoms with Gasteiger partial charge in [-0.25, -0.2) is 4.79 Å². The van der Waals surface area contributed by atoms with Crippen LogP contribution in [0.2, 0.25) is 0 Å². The summed E-state index contributed by atoms with van der Waals surface area (Å²) in [7, 11) is 0. The molecule has 4 aromatic carbocycles. The third-order valence-electron chi connectivity index (χ3n) is 4.84. The zero-order valence-corrected chi connectivity index (χ0v) is 16.9. The first-order valence-electron chi connectivity index (χ1n) is 9.87. The Bertz CT molecular complexity index is 1340. The number of oxime groups is 1. The SMILES string of the molecule is O=C(O/N=C(/C=C/c1ccccc1[N+](=O)[O-])c1ccccc1)c1ccc2ccccc2c1. The lowest BCUT2D eigenvalue weighted by Crippen LogP contribution is -2.05. The lowest BCUT2D eigenvalue weighted by molar-refractivity contribution is -0.385. The largest absolute Gasteiger partial charge is 0.365 e. The number of carbonyl (C=O) groups excluding carboxylic acids is 1. The first-order chi connectivity index (χ1) is 15.6. The summed E-state index contributed by atoms with van der Waals surface area (Å²) < 4.78 is 0. The molecule has 32 heavy (non-hydrogen) atoms. The van der Waals surface area contributed by atoms with Crippen LogP contribution >= 0.6 is 0 Å². The van der Waals surface area contributed by atoms with E-state index in [1.54, 1.807) is 42.5 Å². The molecule has 0 unspecified atom stereocenters. The molecule has 0 heterocycles. The molecule has 0 aliphatic carbocycles. The number of hydrogen-bond donors (Lipinski definition) is 0. The average molecular weight is 422 g/mol. The van der Waals surface area contributed by atoms with Gasteiger partial charge in [-0.3, -0.25) is 10.1 Å². The lowest BCUT2D eigenvalue weighted by atomic mass is 10.1. The van der Waals surface area contributed by atoms with Crippen LogP contribution in [0.3, 0.4) is 0 Å². The monoisotopic (exact) mass is 422 g/mol. The molecule has 0 atom stereocenters. The zero-order valence-electron chi connectivity index (χ0n) is 16.9. The summed E-state index contributed by atoms with van der Waals surface area (Å²) in [6.45, 7) is 0. The van der Waals surface area contributed by atoms with E-state index in [0.29, 0.717) is 22.4 Å². The van der Waals surface area contributed by atoms with Gasteiger partial charge in [0.05, 0.1) is 16.1 Å². The lowest BCUT2D eigenvalue weighted by Gasteiger charge is -2.04. The van der Waals surface area contributed by atoms with E-state index in [0.717, 1.165) is 10.8 Å². The molecule has 0 spiro atoms. The van der Waals surface area contributed by atoms with Gasteiger partial charge in [0.15, 0.2) is 0 Å². The maximum atomic E-state index is 12.6. The number of hydrogen-bond acceptors (Lipinski definition) is 5. The van der Waals surface area contributed by atoms with Crippen molar-refractivity contribution >= 4 is 34.2 Å². The standard InChI is InChI=1S/C26H18N2O4/c29-26(23-15-14-19-8-4-5-12-22(19)18-23)32-27-24(20-9-2-1-3-10-20)17-16-21-11-6-7-13-25(21)28(30)31/h1-18H/b17-16+,27-24-. The molecule has 4 aromatic rings. The predicted octanol–water partition coefficient (Wildman–Crippen LogP) is 6.02. The van der Waals surface area contributed by atoms with Crippen molar-refractivity contribution in [3.8, 4) is 0 Å². The minimum atomic E-state index is -0.594. The van der Waals surface area contributed by atoms with Crippen molar-refractivity contribution in [2.24, 2.45) is 5.16 Å². The third-order valence-corrected chi connectivity index (χ3v) is 4.84. The predicted molar refractivity (Wildman–Crippen MR) is 124 cm³/mol. The van der Waals surface area contributed by atoms with Gasteiger partial charge in [-0.2, -0.15) is 0 Å². The van der Waals surface area contributed by atoms with Gasteiger partial charge in [0.2, 0.25) is 0 Å². The number of allylic oxidation sites excluding steroid dienone is 1. The minimum absolute atomic E-state index is 0.0238. The van der Waals surface area contributed by atoms with E-state index in [4.69, 9.17) is 4.84 Å². The molecular formula is C26H18N2O4. The van der Waals surface area contributed by atoms with Crippen LogP contribution in [0.4, 0.5) is 5.69 Å². The summed E-state index contributed by atoms with van der Waals surface area (Å²) in [6, 6.07) is 28.5. The molecule has 0 amide bonds. The van der Waals surface area contributed by atoms with E-state index in [-0.39, 0.29) is 5.69 Å². The maximum Gasteiger partial charge on any atom is 0.365 e. The van der Waals surface area contributed by atoms with Gasteiger partial charge in [-0.05, 0) is 41.1 Å². The van der Waals surface area contributed by atoms with Crippen LogP contribution in [0, 0.1) is 10.1 Å². The Kier molecular flexibility index (Phi) is 6.13. The quantitative estimate of drug-likeness (QED) is 0.165. The second kappa shape index (κ2) is 9.49. The molecule has 0 bridgehead atoms. The Labute approximate surface area is 184 Å². The van der Waals surface area contributed by atoms with Crippen LogP contribution < -0.4 is 0 Å². The molecule has 6 heteroatoms. The highest BCUT2D eigenvalue weighted by Gasteiger charge is 2.12. The van der Waals surface area contributed by atoms with Crippen molar-refractivity contribution < 1.29 is 14.6 Å². The Morgan fingerprint density at radius 1 is 0.812 bits per heavy atom. The number of benzene rings is 4. The van der Waals surface area contributed by atoms with Crippen LogP contribution in [0.25, 0.3) is 16.8 Å². The van der Waals surface area contributed by atoms with Crippen LogP contribution in [-0.4, -0.2) is 16.6 Å². The number of nitro benzene ring substituents is 1. The number of carbonyl (C=O) groups is 1. The van der Waals surface area contributed by atoms with Crippen LogP contribution in [0.15, 0.2) is 108 Å². The van der Waals surface area contributed by atoms with E-state index < -0.39 is 10.9 Å². The normalized spacial score (nSPS) is 11.6. The number of para-hydroxylation sites is 1. The smallest absolute Gasteiger partial charge is 0.312 e. The fraction of sp³-hybridized carbons (Fsp3) is 0. The fourth-order valence-corrected chi connectivity index (χ4v) is 3.21. The summed E-state index contributed by atoms with van der Waals surface area (Å²) in [5, 5.41) is 17.3. The van der Waals surface area contributed by atoms with Gasteiger partial charge in [0.1, 0.15) is 5.71 Å². The van der Waals surface area contributed by atoms with Crippen LogP contribution in [0.5, 0.6) is 0 Å². The molecule has 0 aromatic heterocycles. The van der Waals surface area contributed by atoms with E-state index in [1.807, 2.05) is 60.7 Å². The number of rotatable bonds is 6. The van der Waals surface area contributed by atoms with E-state index in [1.165, 1.54) is 6.07 Å². The zero-order chi connectivity index (χ0) is 22.3. The molecule has 0 radical (unpaired) electrons. The molecule has 0 N–H and O–H groups in total. The minimum Gasteiger partial charge on any atom is -0.312 e. The second-order valence-corrected chi connectivity index (χ2v) is 6.93. The number of nitrogens with zero attached hydrogens (tertiary/aromatic N) is 2. The number of fused-ring (bicyclic) bond motifs is 1. The van der Waals surface area contributed by atoms with Gasteiger partial charge < -0.3 is 4.84 Å². The first kappa shape index (κ1) is 20.7. The van der Waals surface area contributed by atoms with E-state index >= 15 is 0 Å². The maximum absolute atomic E-state index is 12.6. The average Bonchev–Trinajstić information content (AvgIpc) is 2.84. The Hall–Kier alpha value is -4.58.